The molecule has 0 spiro atoms. The van der Waals surface area contributed by atoms with Crippen molar-refractivity contribution in [1.82, 2.24) is 0 Å². The van der Waals surface area contributed by atoms with E-state index in [2.05, 4.69) is 113 Å². The van der Waals surface area contributed by atoms with Crippen LogP contribution in [0.2, 0.25) is 0 Å². The summed E-state index contributed by atoms with van der Waals surface area (Å²) in [5, 5.41) is 0. The number of benzene rings is 3. The Morgan fingerprint density at radius 3 is 2.04 bits per heavy atom. The van der Waals surface area contributed by atoms with Gasteiger partial charge >= 0.3 is 0 Å². The molecule has 3 aromatic rings. The van der Waals surface area contributed by atoms with Gasteiger partial charge in [0.25, 0.3) is 0 Å². The van der Waals surface area contributed by atoms with E-state index in [0.717, 1.165) is 0 Å². The van der Waals surface area contributed by atoms with Crippen molar-refractivity contribution in [2.24, 2.45) is 5.92 Å². The molecule has 0 nitrogen and oxygen atoms in total. The van der Waals surface area contributed by atoms with Gasteiger partial charge in [-0.05, 0) is 44.7 Å². The van der Waals surface area contributed by atoms with E-state index >= 15 is 0 Å². The highest BCUT2D eigenvalue weighted by atomic mass is 14.3. The Labute approximate surface area is 169 Å². The van der Waals surface area contributed by atoms with Crippen molar-refractivity contribution in [2.45, 2.75) is 46.0 Å². The molecular weight excluding hydrogens is 336 g/mol. The molecule has 0 heteroatoms. The molecule has 142 valence electrons. The van der Waals surface area contributed by atoms with Gasteiger partial charge < -0.3 is 0 Å². The maximum atomic E-state index is 2.45. The van der Waals surface area contributed by atoms with Gasteiger partial charge in [-0.1, -0.05) is 119 Å². The Morgan fingerprint density at radius 1 is 0.750 bits per heavy atom. The highest BCUT2D eigenvalue weighted by Crippen LogP contribution is 2.47. The minimum atomic E-state index is 0.181. The lowest BCUT2D eigenvalue weighted by Gasteiger charge is -2.21. The van der Waals surface area contributed by atoms with Gasteiger partial charge in [-0.15, -0.1) is 0 Å². The molecule has 0 radical (unpaired) electrons. The van der Waals surface area contributed by atoms with Crippen molar-refractivity contribution >= 4 is 6.08 Å². The van der Waals surface area contributed by atoms with Crippen molar-refractivity contribution < 1.29 is 0 Å². The second-order valence-electron chi connectivity index (χ2n) is 9.28. The number of hydrogen-bond donors (Lipinski definition) is 0. The molecule has 1 atom stereocenters. The first-order valence-electron chi connectivity index (χ1n) is 10.4. The van der Waals surface area contributed by atoms with Crippen LogP contribution in [0.5, 0.6) is 0 Å². The molecule has 0 aromatic heterocycles. The van der Waals surface area contributed by atoms with Crippen molar-refractivity contribution in [1.29, 1.82) is 0 Å². The third kappa shape index (κ3) is 3.33. The maximum absolute atomic E-state index is 2.45. The summed E-state index contributed by atoms with van der Waals surface area (Å²) < 4.78 is 0. The summed E-state index contributed by atoms with van der Waals surface area (Å²) in [6.45, 7) is 11.4. The van der Waals surface area contributed by atoms with Crippen LogP contribution in [0, 0.1) is 5.92 Å². The van der Waals surface area contributed by atoms with Crippen LogP contribution in [-0.4, -0.2) is 0 Å². The minimum absolute atomic E-state index is 0.181. The van der Waals surface area contributed by atoms with Gasteiger partial charge in [-0.2, -0.15) is 0 Å². The van der Waals surface area contributed by atoms with E-state index in [1.165, 1.54) is 39.0 Å². The van der Waals surface area contributed by atoms with Crippen molar-refractivity contribution in [3.63, 3.8) is 0 Å². The molecule has 0 bridgehead atoms. The molecule has 0 saturated carbocycles. The first kappa shape index (κ1) is 18.7. The standard InChI is InChI=1S/C28H30/c1-19(2)25-18-26-23(20-14-16-22(17-15-20)28(3,4)5)12-9-13-24(26)27(25)21-10-7-6-8-11-21/h6-19,27H,1-5H3. The molecular formula is C28H30. The number of allylic oxidation sites excluding steroid dienone is 1. The van der Waals surface area contributed by atoms with Gasteiger partial charge in [-0.25, -0.2) is 0 Å². The number of rotatable bonds is 3. The van der Waals surface area contributed by atoms with Crippen molar-refractivity contribution in [2.75, 3.05) is 0 Å². The second-order valence-corrected chi connectivity index (χ2v) is 9.28. The Hall–Kier alpha value is -2.60. The van der Waals surface area contributed by atoms with E-state index in [4.69, 9.17) is 0 Å². The van der Waals surface area contributed by atoms with Crippen LogP contribution in [0.25, 0.3) is 17.2 Å². The zero-order chi connectivity index (χ0) is 19.9. The van der Waals surface area contributed by atoms with Crippen LogP contribution >= 0.6 is 0 Å². The topological polar surface area (TPSA) is 0 Å². The summed E-state index contributed by atoms with van der Waals surface area (Å²) in [5.41, 5.74) is 9.94. The van der Waals surface area contributed by atoms with Gasteiger partial charge in [0, 0.05) is 5.92 Å². The fourth-order valence-electron chi connectivity index (χ4n) is 4.34. The predicted octanol–water partition coefficient (Wildman–Crippen LogP) is 7.84. The third-order valence-electron chi connectivity index (χ3n) is 5.96. The largest absolute Gasteiger partial charge is 0.0622 e. The molecule has 0 saturated heterocycles. The summed E-state index contributed by atoms with van der Waals surface area (Å²) in [6, 6.07) is 26.9. The van der Waals surface area contributed by atoms with E-state index in [1.54, 1.807) is 0 Å². The Balaban J connectivity index is 1.83. The van der Waals surface area contributed by atoms with Crippen molar-refractivity contribution in [3.05, 3.63) is 101 Å². The van der Waals surface area contributed by atoms with E-state index in [0.29, 0.717) is 11.8 Å². The van der Waals surface area contributed by atoms with Gasteiger partial charge in [-0.3, -0.25) is 0 Å². The Bertz CT molecular complexity index is 996. The van der Waals surface area contributed by atoms with Crippen molar-refractivity contribution in [3.8, 4) is 11.1 Å². The van der Waals surface area contributed by atoms with E-state index in [1.807, 2.05) is 0 Å². The Morgan fingerprint density at radius 2 is 1.43 bits per heavy atom. The lowest BCUT2D eigenvalue weighted by Crippen LogP contribution is -2.10. The smallest absolute Gasteiger partial charge is 0.0310 e. The predicted molar refractivity (Wildman–Crippen MR) is 122 cm³/mol. The van der Waals surface area contributed by atoms with Crippen LogP contribution in [0.1, 0.15) is 62.8 Å². The summed E-state index contributed by atoms with van der Waals surface area (Å²) in [7, 11) is 0. The van der Waals surface area contributed by atoms with Gasteiger partial charge in [0.1, 0.15) is 0 Å². The van der Waals surface area contributed by atoms with E-state index in [9.17, 15) is 0 Å². The maximum Gasteiger partial charge on any atom is 0.0310 e. The average molecular weight is 367 g/mol. The van der Waals surface area contributed by atoms with Crippen LogP contribution in [0.15, 0.2) is 78.4 Å². The molecule has 0 amide bonds. The molecule has 1 aliphatic rings. The first-order chi connectivity index (χ1) is 13.4. The number of hydrogen-bond acceptors (Lipinski definition) is 0. The summed E-state index contributed by atoms with van der Waals surface area (Å²) >= 11 is 0. The molecule has 1 unspecified atom stereocenters. The second kappa shape index (κ2) is 7.09. The highest BCUT2D eigenvalue weighted by Gasteiger charge is 2.29. The fraction of sp³-hybridized carbons (Fsp3) is 0.286. The van der Waals surface area contributed by atoms with Gasteiger partial charge in [0.15, 0.2) is 0 Å². The fourth-order valence-corrected chi connectivity index (χ4v) is 4.34. The summed E-state index contributed by atoms with van der Waals surface area (Å²) in [5.74, 6) is 0.888. The van der Waals surface area contributed by atoms with E-state index < -0.39 is 0 Å². The number of fused-ring (bicyclic) bond motifs is 1. The van der Waals surface area contributed by atoms with Crippen LogP contribution in [0.4, 0.5) is 0 Å². The summed E-state index contributed by atoms with van der Waals surface area (Å²) in [4.78, 5) is 0. The Kier molecular flexibility index (Phi) is 4.75. The molecule has 0 fully saturated rings. The van der Waals surface area contributed by atoms with Crippen LogP contribution in [0.3, 0.4) is 0 Å². The normalized spacial score (nSPS) is 16.2. The molecule has 3 aromatic carbocycles. The first-order valence-corrected chi connectivity index (χ1v) is 10.4. The van der Waals surface area contributed by atoms with Gasteiger partial charge in [0.2, 0.25) is 0 Å². The molecule has 4 rings (SSSR count). The average Bonchev–Trinajstić information content (AvgIpc) is 3.08. The SMILES string of the molecule is CC(C)C1=Cc2c(-c3ccc(C(C)(C)C)cc3)cccc2C1c1ccccc1. The van der Waals surface area contributed by atoms with Crippen LogP contribution in [-0.2, 0) is 5.41 Å². The third-order valence-corrected chi connectivity index (χ3v) is 5.96. The quantitative estimate of drug-likeness (QED) is 0.443. The molecule has 0 N–H and O–H groups in total. The van der Waals surface area contributed by atoms with Crippen LogP contribution < -0.4 is 0 Å². The monoisotopic (exact) mass is 366 g/mol. The molecule has 0 aliphatic heterocycles. The minimum Gasteiger partial charge on any atom is -0.0622 e. The lowest BCUT2D eigenvalue weighted by atomic mass is 9.83. The van der Waals surface area contributed by atoms with Gasteiger partial charge in [0.05, 0.1) is 0 Å². The molecule has 0 heterocycles. The molecule has 1 aliphatic carbocycles. The van der Waals surface area contributed by atoms with E-state index in [-0.39, 0.29) is 5.41 Å². The summed E-state index contributed by atoms with van der Waals surface area (Å²) in [6.07, 6.45) is 2.45. The zero-order valence-electron chi connectivity index (χ0n) is 17.7. The zero-order valence-corrected chi connectivity index (χ0v) is 17.7. The lowest BCUT2D eigenvalue weighted by molar-refractivity contribution is 0.590. The highest BCUT2D eigenvalue weighted by molar-refractivity contribution is 5.83. The molecule has 28 heavy (non-hydrogen) atoms.